The molecule has 0 spiro atoms. The number of benzene rings is 2. The van der Waals surface area contributed by atoms with E-state index in [1.165, 1.54) is 22.7 Å². The van der Waals surface area contributed by atoms with Crippen LogP contribution in [0.15, 0.2) is 58.4 Å². The Morgan fingerprint density at radius 1 is 1.03 bits per heavy atom. The molecule has 0 radical (unpaired) electrons. The number of halogens is 2. The monoisotopic (exact) mass is 561 g/mol. The van der Waals surface area contributed by atoms with Crippen molar-refractivity contribution in [3.63, 3.8) is 0 Å². The van der Waals surface area contributed by atoms with Gasteiger partial charge in [0, 0.05) is 28.2 Å². The molecule has 2 aromatic carbocycles. The summed E-state index contributed by atoms with van der Waals surface area (Å²) in [5.74, 6) is 0.411. The molecule has 0 amide bonds. The molecule has 0 aliphatic rings. The van der Waals surface area contributed by atoms with Gasteiger partial charge in [0.25, 0.3) is 5.56 Å². The van der Waals surface area contributed by atoms with Gasteiger partial charge in [-0.1, -0.05) is 29.3 Å². The fraction of sp³-hybridized carbons (Fsp3) is 0.185. The van der Waals surface area contributed by atoms with E-state index >= 15 is 0 Å². The zero-order valence-corrected chi connectivity index (χ0v) is 22.7. The number of aromatic nitrogens is 6. The molecule has 0 atom stereocenters. The molecule has 12 heteroatoms. The van der Waals surface area contributed by atoms with Gasteiger partial charge in [-0.3, -0.25) is 18.6 Å². The quantitative estimate of drug-likeness (QED) is 0.307. The van der Waals surface area contributed by atoms with Crippen molar-refractivity contribution in [3.05, 3.63) is 102 Å². The first-order valence-corrected chi connectivity index (χ1v) is 12.5. The molecule has 0 fully saturated rings. The number of hydrogen-bond donors (Lipinski definition) is 0. The molecule has 3 heterocycles. The second-order valence-electron chi connectivity index (χ2n) is 8.88. The minimum Gasteiger partial charge on any atom is -0.481 e. The zero-order valence-electron chi connectivity index (χ0n) is 21.1. The highest BCUT2D eigenvalue weighted by atomic mass is 35.5. The fourth-order valence-electron chi connectivity index (χ4n) is 4.33. The number of ether oxygens (including phenoxy) is 1. The molecule has 0 N–H and O–H groups in total. The van der Waals surface area contributed by atoms with Gasteiger partial charge in [-0.25, -0.2) is 14.8 Å². The highest BCUT2D eigenvalue weighted by Crippen LogP contribution is 2.36. The second kappa shape index (κ2) is 10.4. The van der Waals surface area contributed by atoms with E-state index in [0.717, 1.165) is 15.7 Å². The Hall–Kier alpha value is -4.46. The predicted octanol–water partition coefficient (Wildman–Crippen LogP) is 3.95. The zero-order chi connectivity index (χ0) is 27.8. The molecule has 0 aliphatic heterocycles. The van der Waals surface area contributed by atoms with E-state index in [2.05, 4.69) is 21.1 Å². The van der Waals surface area contributed by atoms with E-state index in [1.807, 2.05) is 13.0 Å². The summed E-state index contributed by atoms with van der Waals surface area (Å²) in [6.07, 6.45) is 1.49. The van der Waals surface area contributed by atoms with E-state index in [0.29, 0.717) is 32.6 Å². The SMILES string of the molecule is COc1nc2c(=O)n(Cc3ncn(C)n3)c(=O)n(Cc3cc(Cl)ccc3C)c2cc1-c1cc(C#N)ccc1Cl. The van der Waals surface area contributed by atoms with E-state index in [9.17, 15) is 14.9 Å². The maximum atomic E-state index is 13.9. The molecule has 5 aromatic rings. The fourth-order valence-corrected chi connectivity index (χ4v) is 4.75. The number of pyridine rings is 1. The first-order chi connectivity index (χ1) is 18.7. The van der Waals surface area contributed by atoms with Gasteiger partial charge in [-0.05, 0) is 54.4 Å². The molecule has 39 heavy (non-hydrogen) atoms. The molecule has 0 aliphatic carbocycles. The summed E-state index contributed by atoms with van der Waals surface area (Å²) in [6, 6.07) is 13.9. The molecule has 5 rings (SSSR count). The number of nitrogens with zero attached hydrogens (tertiary/aromatic N) is 7. The molecule has 0 saturated carbocycles. The van der Waals surface area contributed by atoms with Crippen molar-refractivity contribution in [2.75, 3.05) is 7.11 Å². The molecule has 3 aromatic heterocycles. The lowest BCUT2D eigenvalue weighted by atomic mass is 10.0. The summed E-state index contributed by atoms with van der Waals surface area (Å²) in [5.41, 5.74) is 2.05. The summed E-state index contributed by atoms with van der Waals surface area (Å²) in [7, 11) is 3.11. The van der Waals surface area contributed by atoms with Crippen LogP contribution in [0.2, 0.25) is 10.0 Å². The number of aryl methyl sites for hydroxylation is 2. The molecule has 0 bridgehead atoms. The van der Waals surface area contributed by atoms with Crippen molar-refractivity contribution in [2.24, 2.45) is 7.05 Å². The second-order valence-corrected chi connectivity index (χ2v) is 9.73. The average Bonchev–Trinajstić information content (AvgIpc) is 3.35. The van der Waals surface area contributed by atoms with Crippen LogP contribution in [0.5, 0.6) is 5.88 Å². The van der Waals surface area contributed by atoms with Crippen molar-refractivity contribution in [2.45, 2.75) is 20.0 Å². The Morgan fingerprint density at radius 2 is 1.82 bits per heavy atom. The molecule has 0 saturated heterocycles. The van der Waals surface area contributed by atoms with E-state index in [4.69, 9.17) is 27.9 Å². The van der Waals surface area contributed by atoms with E-state index < -0.39 is 11.2 Å². The van der Waals surface area contributed by atoms with Gasteiger partial charge in [0.2, 0.25) is 5.88 Å². The van der Waals surface area contributed by atoms with Crippen molar-refractivity contribution < 1.29 is 4.74 Å². The lowest BCUT2D eigenvalue weighted by molar-refractivity contribution is 0.401. The maximum Gasteiger partial charge on any atom is 0.332 e. The number of rotatable bonds is 6. The Balaban J connectivity index is 1.84. The van der Waals surface area contributed by atoms with Crippen LogP contribution >= 0.6 is 23.2 Å². The number of hydrogen-bond acceptors (Lipinski definition) is 7. The van der Waals surface area contributed by atoms with Gasteiger partial charge in [-0.15, -0.1) is 0 Å². The summed E-state index contributed by atoms with van der Waals surface area (Å²) in [4.78, 5) is 36.2. The van der Waals surface area contributed by atoms with Crippen LogP contribution in [0, 0.1) is 18.3 Å². The number of fused-ring (bicyclic) bond motifs is 1. The Labute approximate surface area is 232 Å². The molecule has 0 unspecified atom stereocenters. The Kier molecular flexibility index (Phi) is 6.95. The van der Waals surface area contributed by atoms with Crippen LogP contribution < -0.4 is 16.0 Å². The van der Waals surface area contributed by atoms with E-state index in [-0.39, 0.29) is 30.0 Å². The van der Waals surface area contributed by atoms with Crippen LogP contribution in [0.1, 0.15) is 22.5 Å². The highest BCUT2D eigenvalue weighted by molar-refractivity contribution is 6.33. The topological polar surface area (TPSA) is 121 Å². The third kappa shape index (κ3) is 4.90. The number of nitriles is 1. The lowest BCUT2D eigenvalue weighted by Crippen LogP contribution is -2.41. The summed E-state index contributed by atoms with van der Waals surface area (Å²) < 4.78 is 9.53. The first-order valence-electron chi connectivity index (χ1n) is 11.7. The maximum absolute atomic E-state index is 13.9. The van der Waals surface area contributed by atoms with Gasteiger partial charge in [0.1, 0.15) is 6.33 Å². The minimum atomic E-state index is -0.622. The molecule has 10 nitrogen and oxygen atoms in total. The lowest BCUT2D eigenvalue weighted by Gasteiger charge is -2.17. The molecular weight excluding hydrogens is 541 g/mol. The van der Waals surface area contributed by atoms with Crippen LogP contribution in [0.4, 0.5) is 0 Å². The van der Waals surface area contributed by atoms with Crippen LogP contribution in [0.3, 0.4) is 0 Å². The minimum absolute atomic E-state index is 0.0124. The van der Waals surface area contributed by atoms with Gasteiger partial charge in [-0.2, -0.15) is 10.4 Å². The summed E-state index contributed by atoms with van der Waals surface area (Å²) >= 11 is 12.8. The highest BCUT2D eigenvalue weighted by Gasteiger charge is 2.21. The predicted molar refractivity (Wildman–Crippen MR) is 147 cm³/mol. The van der Waals surface area contributed by atoms with Crippen LogP contribution in [-0.2, 0) is 20.1 Å². The first kappa shape index (κ1) is 26.2. The largest absolute Gasteiger partial charge is 0.481 e. The normalized spacial score (nSPS) is 11.1. The van der Waals surface area contributed by atoms with Crippen molar-refractivity contribution in [1.29, 1.82) is 5.26 Å². The van der Waals surface area contributed by atoms with Gasteiger partial charge in [0.05, 0.1) is 37.3 Å². The number of methoxy groups -OCH3 is 1. The Morgan fingerprint density at radius 3 is 2.51 bits per heavy atom. The summed E-state index contributed by atoms with van der Waals surface area (Å²) in [6.45, 7) is 1.87. The average molecular weight is 562 g/mol. The third-order valence-corrected chi connectivity index (χ3v) is 6.90. The molecular formula is C27H21Cl2N7O3. The molecule has 196 valence electrons. The van der Waals surface area contributed by atoms with Crippen LogP contribution in [-0.4, -0.2) is 36.0 Å². The van der Waals surface area contributed by atoms with Crippen molar-refractivity contribution >= 4 is 34.2 Å². The van der Waals surface area contributed by atoms with Gasteiger partial charge < -0.3 is 4.74 Å². The van der Waals surface area contributed by atoms with Gasteiger partial charge in [0.15, 0.2) is 11.3 Å². The van der Waals surface area contributed by atoms with Gasteiger partial charge >= 0.3 is 5.69 Å². The van der Waals surface area contributed by atoms with Crippen LogP contribution in [0.25, 0.3) is 22.2 Å². The Bertz CT molecular complexity index is 1920. The smallest absolute Gasteiger partial charge is 0.332 e. The van der Waals surface area contributed by atoms with E-state index in [1.54, 1.807) is 43.4 Å². The van der Waals surface area contributed by atoms with Crippen molar-refractivity contribution in [1.82, 2.24) is 28.9 Å². The third-order valence-electron chi connectivity index (χ3n) is 6.33. The standard InChI is InChI=1S/C27H21Cl2N7O3/c1-15-4-6-18(28)9-17(15)12-35-22-10-20(19-8-16(11-30)5-7-21(19)29)25(39-3)32-24(22)26(37)36(27(35)38)13-23-31-14-34(2)33-23/h4-10,14H,12-13H2,1-3H3. The van der Waals surface area contributed by atoms with Crippen molar-refractivity contribution in [3.8, 4) is 23.1 Å². The summed E-state index contributed by atoms with van der Waals surface area (Å²) in [5, 5.41) is 14.5.